The van der Waals surface area contributed by atoms with Gasteiger partial charge in [-0.3, -0.25) is 9.89 Å². The number of aryl methyl sites for hydroxylation is 1. The third-order valence-electron chi connectivity index (χ3n) is 4.33. The van der Waals surface area contributed by atoms with E-state index in [1.165, 1.54) is 4.90 Å². The minimum Gasteiger partial charge on any atom is -0.480 e. The van der Waals surface area contributed by atoms with E-state index in [-0.39, 0.29) is 11.8 Å². The van der Waals surface area contributed by atoms with E-state index < -0.39 is 12.0 Å². The van der Waals surface area contributed by atoms with E-state index in [0.717, 1.165) is 25.0 Å². The molecule has 2 fully saturated rings. The molecule has 1 aromatic heterocycles. The summed E-state index contributed by atoms with van der Waals surface area (Å²) in [6, 6.07) is 0.979. The second-order valence-corrected chi connectivity index (χ2v) is 5.53. The third kappa shape index (κ3) is 1.91. The van der Waals surface area contributed by atoms with Gasteiger partial charge in [0.15, 0.2) is 0 Å². The number of hydrogen-bond acceptors (Lipinski definition) is 3. The Morgan fingerprint density at radius 2 is 2.26 bits per heavy atom. The Kier molecular flexibility index (Phi) is 2.80. The van der Waals surface area contributed by atoms with Crippen molar-refractivity contribution in [2.75, 3.05) is 6.54 Å². The van der Waals surface area contributed by atoms with Crippen LogP contribution >= 0.6 is 0 Å². The predicted octanol–water partition coefficient (Wildman–Crippen LogP) is 1.04. The molecule has 3 rings (SSSR count). The molecular formula is C13H17N3O3. The van der Waals surface area contributed by atoms with Crippen LogP contribution in [0.4, 0.5) is 0 Å². The van der Waals surface area contributed by atoms with E-state index in [1.807, 2.05) is 6.92 Å². The summed E-state index contributed by atoms with van der Waals surface area (Å²) >= 11 is 0. The quantitative estimate of drug-likeness (QED) is 0.834. The summed E-state index contributed by atoms with van der Waals surface area (Å²) in [5.41, 5.74) is 1.11. The molecule has 0 bridgehead atoms. The molecule has 3 atom stereocenters. The van der Waals surface area contributed by atoms with Crippen LogP contribution < -0.4 is 0 Å². The largest absolute Gasteiger partial charge is 0.480 e. The highest BCUT2D eigenvalue weighted by molar-refractivity contribution is 5.95. The molecule has 0 spiro atoms. The number of nitrogens with one attached hydrogen (secondary N) is 1. The monoisotopic (exact) mass is 263 g/mol. The van der Waals surface area contributed by atoms with Crippen LogP contribution in [0.2, 0.25) is 0 Å². The molecule has 3 unspecified atom stereocenters. The van der Waals surface area contributed by atoms with Gasteiger partial charge in [0.25, 0.3) is 5.91 Å². The van der Waals surface area contributed by atoms with Crippen LogP contribution in [0, 0.1) is 18.8 Å². The number of carboxylic acid groups (broad SMARTS) is 1. The molecule has 1 aliphatic carbocycles. The van der Waals surface area contributed by atoms with Crippen LogP contribution in [0.5, 0.6) is 0 Å². The van der Waals surface area contributed by atoms with Crippen LogP contribution in [-0.2, 0) is 4.79 Å². The predicted molar refractivity (Wildman–Crippen MR) is 66.6 cm³/mol. The van der Waals surface area contributed by atoms with Crippen LogP contribution in [0.3, 0.4) is 0 Å². The summed E-state index contributed by atoms with van der Waals surface area (Å²) < 4.78 is 0. The van der Waals surface area contributed by atoms with Crippen molar-refractivity contribution in [3.63, 3.8) is 0 Å². The lowest BCUT2D eigenvalue weighted by Gasteiger charge is -2.23. The van der Waals surface area contributed by atoms with Crippen LogP contribution in [0.25, 0.3) is 0 Å². The average Bonchev–Trinajstić information content (AvgIpc) is 3.00. The Bertz CT molecular complexity index is 525. The number of carbonyl (C=O) groups is 2. The number of likely N-dealkylation sites (tertiary alicyclic amines) is 1. The van der Waals surface area contributed by atoms with Crippen molar-refractivity contribution in [2.24, 2.45) is 11.8 Å². The molecule has 1 saturated heterocycles. The second-order valence-electron chi connectivity index (χ2n) is 5.53. The summed E-state index contributed by atoms with van der Waals surface area (Å²) in [5.74, 6) is -0.715. The SMILES string of the molecule is Cc1cc(C(=O)N2CC3CCCC3C2C(=O)O)n[nH]1. The maximum Gasteiger partial charge on any atom is 0.326 e. The smallest absolute Gasteiger partial charge is 0.326 e. The summed E-state index contributed by atoms with van der Waals surface area (Å²) in [5, 5.41) is 16.1. The fourth-order valence-corrected chi connectivity index (χ4v) is 3.51. The van der Waals surface area contributed by atoms with Crippen molar-refractivity contribution in [1.29, 1.82) is 0 Å². The van der Waals surface area contributed by atoms with Gasteiger partial charge in [-0.25, -0.2) is 4.79 Å². The lowest BCUT2D eigenvalue weighted by molar-refractivity contribution is -0.142. The van der Waals surface area contributed by atoms with E-state index in [1.54, 1.807) is 6.07 Å². The van der Waals surface area contributed by atoms with Crippen LogP contribution in [0.1, 0.15) is 35.4 Å². The van der Waals surface area contributed by atoms with E-state index >= 15 is 0 Å². The van der Waals surface area contributed by atoms with Gasteiger partial charge in [-0.15, -0.1) is 0 Å². The Morgan fingerprint density at radius 1 is 1.47 bits per heavy atom. The average molecular weight is 263 g/mol. The van der Waals surface area contributed by atoms with E-state index in [2.05, 4.69) is 10.2 Å². The van der Waals surface area contributed by atoms with E-state index in [4.69, 9.17) is 0 Å². The second kappa shape index (κ2) is 4.36. The van der Waals surface area contributed by atoms with Gasteiger partial charge < -0.3 is 10.0 Å². The van der Waals surface area contributed by atoms with Gasteiger partial charge in [0.2, 0.25) is 0 Å². The first-order chi connectivity index (χ1) is 9.08. The zero-order valence-electron chi connectivity index (χ0n) is 10.8. The van der Waals surface area contributed by atoms with Gasteiger partial charge in [-0.1, -0.05) is 6.42 Å². The van der Waals surface area contributed by atoms with Gasteiger partial charge in [0, 0.05) is 12.2 Å². The Hall–Kier alpha value is -1.85. The maximum atomic E-state index is 12.4. The molecule has 1 saturated carbocycles. The minimum absolute atomic E-state index is 0.112. The normalized spacial score (nSPS) is 29.5. The van der Waals surface area contributed by atoms with Gasteiger partial charge in [-0.05, 0) is 37.7 Å². The van der Waals surface area contributed by atoms with Gasteiger partial charge >= 0.3 is 5.97 Å². The summed E-state index contributed by atoms with van der Waals surface area (Å²) in [4.78, 5) is 25.4. The van der Waals surface area contributed by atoms with Crippen molar-refractivity contribution in [1.82, 2.24) is 15.1 Å². The number of amides is 1. The summed E-state index contributed by atoms with van der Waals surface area (Å²) in [6.45, 7) is 2.36. The lowest BCUT2D eigenvalue weighted by Crippen LogP contribution is -2.43. The number of carboxylic acids is 1. The number of fused-ring (bicyclic) bond motifs is 1. The number of nitrogens with zero attached hydrogens (tertiary/aromatic N) is 2. The van der Waals surface area contributed by atoms with Crippen molar-refractivity contribution >= 4 is 11.9 Å². The zero-order valence-corrected chi connectivity index (χ0v) is 10.8. The maximum absolute atomic E-state index is 12.4. The van der Waals surface area contributed by atoms with Crippen molar-refractivity contribution in [3.05, 3.63) is 17.5 Å². The van der Waals surface area contributed by atoms with Gasteiger partial charge in [0.1, 0.15) is 11.7 Å². The molecule has 0 radical (unpaired) electrons. The topological polar surface area (TPSA) is 86.3 Å². The first-order valence-corrected chi connectivity index (χ1v) is 6.63. The molecule has 2 heterocycles. The van der Waals surface area contributed by atoms with E-state index in [0.29, 0.717) is 18.2 Å². The Balaban J connectivity index is 1.87. The number of aromatic amines is 1. The highest BCUT2D eigenvalue weighted by Gasteiger charge is 2.49. The fraction of sp³-hybridized carbons (Fsp3) is 0.615. The first-order valence-electron chi connectivity index (χ1n) is 6.63. The molecule has 1 aliphatic heterocycles. The molecule has 6 heteroatoms. The lowest BCUT2D eigenvalue weighted by atomic mass is 9.94. The molecule has 0 aromatic carbocycles. The van der Waals surface area contributed by atoms with Crippen LogP contribution in [0.15, 0.2) is 6.07 Å². The summed E-state index contributed by atoms with van der Waals surface area (Å²) in [6.07, 6.45) is 3.01. The Labute approximate surface area is 110 Å². The number of hydrogen-bond donors (Lipinski definition) is 2. The van der Waals surface area contributed by atoms with Crippen molar-refractivity contribution in [2.45, 2.75) is 32.2 Å². The fourth-order valence-electron chi connectivity index (χ4n) is 3.51. The number of carbonyl (C=O) groups excluding carboxylic acids is 1. The van der Waals surface area contributed by atoms with Crippen molar-refractivity contribution in [3.8, 4) is 0 Å². The number of H-pyrrole nitrogens is 1. The summed E-state index contributed by atoms with van der Waals surface area (Å²) in [7, 11) is 0. The van der Waals surface area contributed by atoms with E-state index in [9.17, 15) is 14.7 Å². The Morgan fingerprint density at radius 3 is 2.89 bits per heavy atom. The molecule has 1 aromatic rings. The third-order valence-corrected chi connectivity index (χ3v) is 4.33. The molecule has 19 heavy (non-hydrogen) atoms. The number of rotatable bonds is 2. The molecule has 2 aliphatic rings. The molecule has 2 N–H and O–H groups in total. The minimum atomic E-state index is -0.894. The highest BCUT2D eigenvalue weighted by atomic mass is 16.4. The zero-order chi connectivity index (χ0) is 13.6. The number of aromatic nitrogens is 2. The van der Waals surface area contributed by atoms with Gasteiger partial charge in [-0.2, -0.15) is 5.10 Å². The number of aliphatic carboxylic acids is 1. The standard InChI is InChI=1S/C13H17N3O3/c1-7-5-10(15-14-7)12(17)16-6-8-3-2-4-9(8)11(16)13(18)19/h5,8-9,11H,2-4,6H2,1H3,(H,14,15)(H,18,19). The van der Waals surface area contributed by atoms with Crippen molar-refractivity contribution < 1.29 is 14.7 Å². The first kappa shape index (κ1) is 12.2. The van der Waals surface area contributed by atoms with Crippen LogP contribution in [-0.4, -0.2) is 44.7 Å². The molecule has 6 nitrogen and oxygen atoms in total. The molecule has 1 amide bonds. The molecule has 102 valence electrons. The molecular weight excluding hydrogens is 246 g/mol. The van der Waals surface area contributed by atoms with Gasteiger partial charge in [0.05, 0.1) is 0 Å². The highest BCUT2D eigenvalue weighted by Crippen LogP contribution is 2.42.